The SMILES string of the molecule is FC(F)c1nc(Cl)c(CBr)cc1C(F)(F)F. The molecule has 0 N–H and O–H groups in total. The molecule has 0 aliphatic carbocycles. The largest absolute Gasteiger partial charge is 0.418 e. The van der Waals surface area contributed by atoms with E-state index in [0.717, 1.165) is 0 Å². The molecule has 0 aliphatic heterocycles. The van der Waals surface area contributed by atoms with E-state index in [1.807, 2.05) is 0 Å². The highest BCUT2D eigenvalue weighted by Gasteiger charge is 2.37. The minimum Gasteiger partial charge on any atom is -0.234 e. The molecule has 0 aromatic carbocycles. The predicted octanol–water partition coefficient (Wildman–Crippen LogP) is 4.59. The minimum absolute atomic E-state index is 0.00539. The molecule has 1 heterocycles. The number of hydrogen-bond acceptors (Lipinski definition) is 1. The van der Waals surface area contributed by atoms with Gasteiger partial charge >= 0.3 is 6.18 Å². The quantitative estimate of drug-likeness (QED) is 0.440. The van der Waals surface area contributed by atoms with Gasteiger partial charge in [0.2, 0.25) is 0 Å². The molecule has 0 atom stereocenters. The van der Waals surface area contributed by atoms with Gasteiger partial charge in [0, 0.05) is 10.9 Å². The smallest absolute Gasteiger partial charge is 0.234 e. The third-order valence-corrected chi connectivity index (χ3v) is 2.67. The fourth-order valence-electron chi connectivity index (χ4n) is 1.03. The number of nitrogens with zero attached hydrogens (tertiary/aromatic N) is 1. The van der Waals surface area contributed by atoms with Crippen molar-refractivity contribution >= 4 is 27.5 Å². The van der Waals surface area contributed by atoms with Crippen molar-refractivity contribution < 1.29 is 22.0 Å². The Kier molecular flexibility index (Phi) is 4.12. The summed E-state index contributed by atoms with van der Waals surface area (Å²) in [6, 6.07) is 0.575. The zero-order chi connectivity index (χ0) is 12.5. The van der Waals surface area contributed by atoms with Crippen LogP contribution in [0.15, 0.2) is 6.07 Å². The fourth-order valence-corrected chi connectivity index (χ4v) is 1.83. The third-order valence-electron chi connectivity index (χ3n) is 1.73. The molecule has 0 fully saturated rings. The molecule has 90 valence electrons. The van der Waals surface area contributed by atoms with Gasteiger partial charge < -0.3 is 0 Å². The van der Waals surface area contributed by atoms with Gasteiger partial charge in [0.15, 0.2) is 0 Å². The Hall–Kier alpha value is -0.430. The van der Waals surface area contributed by atoms with Crippen LogP contribution in [0, 0.1) is 0 Å². The lowest BCUT2D eigenvalue weighted by Gasteiger charge is -2.13. The highest BCUT2D eigenvalue weighted by molar-refractivity contribution is 9.08. The van der Waals surface area contributed by atoms with E-state index < -0.39 is 23.9 Å². The van der Waals surface area contributed by atoms with E-state index in [9.17, 15) is 22.0 Å². The van der Waals surface area contributed by atoms with Crippen LogP contribution >= 0.6 is 27.5 Å². The van der Waals surface area contributed by atoms with Crippen molar-refractivity contribution in [3.05, 3.63) is 28.0 Å². The lowest BCUT2D eigenvalue weighted by molar-refractivity contribution is -0.140. The van der Waals surface area contributed by atoms with Gasteiger partial charge in [-0.3, -0.25) is 0 Å². The van der Waals surface area contributed by atoms with Gasteiger partial charge in [-0.2, -0.15) is 13.2 Å². The van der Waals surface area contributed by atoms with E-state index in [1.165, 1.54) is 0 Å². The Labute approximate surface area is 101 Å². The average molecular weight is 324 g/mol. The molecule has 0 radical (unpaired) electrons. The van der Waals surface area contributed by atoms with Crippen molar-refractivity contribution in [3.8, 4) is 0 Å². The Morgan fingerprint density at radius 3 is 2.31 bits per heavy atom. The third kappa shape index (κ3) is 2.82. The first-order valence-electron chi connectivity index (χ1n) is 3.88. The average Bonchev–Trinajstić information content (AvgIpc) is 2.15. The van der Waals surface area contributed by atoms with E-state index in [4.69, 9.17) is 11.6 Å². The van der Waals surface area contributed by atoms with Crippen LogP contribution in [-0.4, -0.2) is 4.98 Å². The summed E-state index contributed by atoms with van der Waals surface area (Å²) >= 11 is 8.35. The van der Waals surface area contributed by atoms with Gasteiger partial charge in [0.05, 0.1) is 5.56 Å². The van der Waals surface area contributed by atoms with Crippen molar-refractivity contribution in [1.29, 1.82) is 0 Å². The summed E-state index contributed by atoms with van der Waals surface area (Å²) in [7, 11) is 0. The molecule has 0 spiro atoms. The van der Waals surface area contributed by atoms with Crippen LogP contribution in [0.4, 0.5) is 22.0 Å². The maximum Gasteiger partial charge on any atom is 0.418 e. The Morgan fingerprint density at radius 2 is 1.94 bits per heavy atom. The van der Waals surface area contributed by atoms with Crippen LogP contribution in [-0.2, 0) is 11.5 Å². The van der Waals surface area contributed by atoms with E-state index in [0.29, 0.717) is 6.07 Å². The molecular weight excluding hydrogens is 320 g/mol. The summed E-state index contributed by atoms with van der Waals surface area (Å²) in [5.74, 6) is 0. The molecule has 0 bridgehead atoms. The zero-order valence-corrected chi connectivity index (χ0v) is 9.80. The topological polar surface area (TPSA) is 12.9 Å². The summed E-state index contributed by atoms with van der Waals surface area (Å²) in [6.45, 7) is 0. The van der Waals surface area contributed by atoms with Gasteiger partial charge in [-0.25, -0.2) is 13.8 Å². The van der Waals surface area contributed by atoms with E-state index in [2.05, 4.69) is 20.9 Å². The molecule has 0 unspecified atom stereocenters. The maximum atomic E-state index is 12.4. The van der Waals surface area contributed by atoms with Gasteiger partial charge in [0.25, 0.3) is 6.43 Å². The monoisotopic (exact) mass is 323 g/mol. The van der Waals surface area contributed by atoms with Crippen LogP contribution in [0.2, 0.25) is 5.15 Å². The number of hydrogen-bond donors (Lipinski definition) is 0. The maximum absolute atomic E-state index is 12.4. The van der Waals surface area contributed by atoms with E-state index in [1.54, 1.807) is 0 Å². The lowest BCUT2D eigenvalue weighted by Crippen LogP contribution is -2.12. The Balaban J connectivity index is 3.43. The number of pyridine rings is 1. The van der Waals surface area contributed by atoms with Crippen molar-refractivity contribution in [2.75, 3.05) is 0 Å². The van der Waals surface area contributed by atoms with Crippen molar-refractivity contribution in [2.45, 2.75) is 17.9 Å². The van der Waals surface area contributed by atoms with Gasteiger partial charge in [-0.05, 0) is 6.07 Å². The highest BCUT2D eigenvalue weighted by atomic mass is 79.9. The van der Waals surface area contributed by atoms with E-state index in [-0.39, 0.29) is 16.0 Å². The lowest BCUT2D eigenvalue weighted by atomic mass is 10.1. The van der Waals surface area contributed by atoms with Gasteiger partial charge in [0.1, 0.15) is 10.8 Å². The molecule has 8 heteroatoms. The molecule has 1 nitrogen and oxygen atoms in total. The first-order valence-corrected chi connectivity index (χ1v) is 5.38. The van der Waals surface area contributed by atoms with Crippen molar-refractivity contribution in [1.82, 2.24) is 4.98 Å². The normalized spacial score (nSPS) is 12.2. The van der Waals surface area contributed by atoms with Gasteiger partial charge in [-0.1, -0.05) is 27.5 Å². The number of halogens is 7. The highest BCUT2D eigenvalue weighted by Crippen LogP contribution is 2.37. The molecule has 0 aliphatic rings. The molecule has 16 heavy (non-hydrogen) atoms. The Morgan fingerprint density at radius 1 is 1.38 bits per heavy atom. The fraction of sp³-hybridized carbons (Fsp3) is 0.375. The second kappa shape index (κ2) is 4.83. The summed E-state index contributed by atoms with van der Waals surface area (Å²) in [6.07, 6.45) is -8.20. The summed E-state index contributed by atoms with van der Waals surface area (Å²) < 4.78 is 62.0. The first kappa shape index (κ1) is 13.6. The van der Waals surface area contributed by atoms with Crippen molar-refractivity contribution in [2.24, 2.45) is 0 Å². The minimum atomic E-state index is -4.87. The second-order valence-electron chi connectivity index (χ2n) is 2.80. The van der Waals surface area contributed by atoms with Crippen molar-refractivity contribution in [3.63, 3.8) is 0 Å². The molecule has 0 saturated carbocycles. The standard InChI is InChI=1S/C8H4BrClF5N/c9-2-3-1-4(8(13,14)15)5(7(11)12)16-6(3)10/h1,7H,2H2. The summed E-state index contributed by atoms with van der Waals surface area (Å²) in [5.41, 5.74) is -2.79. The van der Waals surface area contributed by atoms with Crippen LogP contribution in [0.1, 0.15) is 23.2 Å². The predicted molar refractivity (Wildman–Crippen MR) is 51.8 cm³/mol. The molecule has 0 amide bonds. The van der Waals surface area contributed by atoms with Crippen LogP contribution in [0.25, 0.3) is 0 Å². The molecule has 1 rings (SSSR count). The number of alkyl halides is 6. The molecule has 1 aromatic heterocycles. The van der Waals surface area contributed by atoms with E-state index >= 15 is 0 Å². The zero-order valence-electron chi connectivity index (χ0n) is 7.45. The van der Waals surface area contributed by atoms with Crippen LogP contribution < -0.4 is 0 Å². The van der Waals surface area contributed by atoms with Crippen LogP contribution in [0.5, 0.6) is 0 Å². The first-order chi connectivity index (χ1) is 7.27. The van der Waals surface area contributed by atoms with Gasteiger partial charge in [-0.15, -0.1) is 0 Å². The Bertz CT molecular complexity index is 393. The molecule has 0 saturated heterocycles. The molecular formula is C8H4BrClF5N. The number of aromatic nitrogens is 1. The second-order valence-corrected chi connectivity index (χ2v) is 3.72. The molecule has 1 aromatic rings. The summed E-state index contributed by atoms with van der Waals surface area (Å²) in [5, 5.41) is -0.356. The van der Waals surface area contributed by atoms with Crippen LogP contribution in [0.3, 0.4) is 0 Å². The summed E-state index contributed by atoms with van der Waals surface area (Å²) in [4.78, 5) is 3.08. The number of rotatable bonds is 2.